The number of nitrogens with one attached hydrogen (secondary N) is 2. The number of amides is 2. The Labute approximate surface area is 167 Å². The van der Waals surface area contributed by atoms with Crippen LogP contribution in [0, 0.1) is 29.0 Å². The summed E-state index contributed by atoms with van der Waals surface area (Å²) in [5, 5.41) is 5.80. The number of hydrogen-bond acceptors (Lipinski definition) is 2. The smallest absolute Gasteiger partial charge is 0.226 e. The molecule has 1 aromatic rings. The third-order valence-electron chi connectivity index (χ3n) is 6.63. The van der Waals surface area contributed by atoms with Crippen molar-refractivity contribution in [2.24, 2.45) is 23.2 Å². The van der Waals surface area contributed by atoms with Crippen molar-refractivity contribution in [1.82, 2.24) is 10.6 Å². The normalized spacial score (nSPS) is 31.0. The van der Waals surface area contributed by atoms with Gasteiger partial charge in [0.25, 0.3) is 0 Å². The second-order valence-corrected chi connectivity index (χ2v) is 9.58. The summed E-state index contributed by atoms with van der Waals surface area (Å²) in [6.07, 6.45) is 7.28. The Morgan fingerprint density at radius 3 is 2.30 bits per heavy atom. The molecule has 4 fully saturated rings. The highest BCUT2D eigenvalue weighted by Gasteiger charge is 2.54. The molecule has 0 atom stereocenters. The van der Waals surface area contributed by atoms with Crippen LogP contribution in [0.5, 0.6) is 0 Å². The van der Waals surface area contributed by atoms with Crippen LogP contribution in [0.1, 0.15) is 50.5 Å². The van der Waals surface area contributed by atoms with Gasteiger partial charge in [0.1, 0.15) is 5.82 Å². The minimum Gasteiger partial charge on any atom is -0.355 e. The van der Waals surface area contributed by atoms with E-state index in [2.05, 4.69) is 26.6 Å². The number of halogens is 2. The highest BCUT2D eigenvalue weighted by molar-refractivity contribution is 9.10. The first-order valence-electron chi connectivity index (χ1n) is 9.92. The van der Waals surface area contributed by atoms with Crippen molar-refractivity contribution in [3.05, 3.63) is 34.1 Å². The molecular formula is C21H26BrFN2O2. The third-order valence-corrected chi connectivity index (χ3v) is 7.27. The summed E-state index contributed by atoms with van der Waals surface area (Å²) in [5.41, 5.74) is 0.543. The zero-order chi connectivity index (χ0) is 19.0. The van der Waals surface area contributed by atoms with E-state index in [0.29, 0.717) is 16.6 Å². The summed E-state index contributed by atoms with van der Waals surface area (Å²) in [6, 6.07) is 4.80. The largest absolute Gasteiger partial charge is 0.355 e. The van der Waals surface area contributed by atoms with Crippen molar-refractivity contribution in [2.45, 2.75) is 51.5 Å². The Balaban J connectivity index is 1.22. The van der Waals surface area contributed by atoms with Gasteiger partial charge in [-0.15, -0.1) is 0 Å². The molecule has 4 nitrogen and oxygen atoms in total. The number of carbonyl (C=O) groups is 2. The summed E-state index contributed by atoms with van der Waals surface area (Å²) >= 11 is 3.11. The monoisotopic (exact) mass is 436 g/mol. The second-order valence-electron chi connectivity index (χ2n) is 8.73. The van der Waals surface area contributed by atoms with Crippen molar-refractivity contribution in [3.8, 4) is 0 Å². The third kappa shape index (κ3) is 4.05. The van der Waals surface area contributed by atoms with Gasteiger partial charge in [0, 0.05) is 24.9 Å². The second kappa shape index (κ2) is 7.53. The first-order valence-corrected chi connectivity index (χ1v) is 10.7. The topological polar surface area (TPSA) is 58.2 Å². The van der Waals surface area contributed by atoms with Gasteiger partial charge >= 0.3 is 0 Å². The first kappa shape index (κ1) is 18.9. The van der Waals surface area contributed by atoms with Gasteiger partial charge in [-0.1, -0.05) is 6.07 Å². The van der Waals surface area contributed by atoms with E-state index in [9.17, 15) is 14.0 Å². The summed E-state index contributed by atoms with van der Waals surface area (Å²) < 4.78 is 13.9. The van der Waals surface area contributed by atoms with Crippen LogP contribution in [-0.2, 0) is 16.1 Å². The van der Waals surface area contributed by atoms with Crippen LogP contribution in [0.2, 0.25) is 0 Å². The molecule has 5 rings (SSSR count). The molecule has 0 aromatic heterocycles. The molecule has 4 saturated carbocycles. The number of carbonyl (C=O) groups excluding carboxylic acids is 2. The Morgan fingerprint density at radius 1 is 1.07 bits per heavy atom. The number of rotatable bonds is 6. The lowest BCUT2D eigenvalue weighted by Gasteiger charge is -2.55. The molecule has 0 radical (unpaired) electrons. The van der Waals surface area contributed by atoms with Gasteiger partial charge in [-0.3, -0.25) is 9.59 Å². The SMILES string of the molecule is O=C(CCNC(=O)C12CC3CC(CC(C3)C1)C2)NCc1ccc(Br)c(F)c1. The molecular weight excluding hydrogens is 411 g/mol. The molecule has 0 spiro atoms. The maximum Gasteiger partial charge on any atom is 0.226 e. The Bertz CT molecular complexity index is 716. The van der Waals surface area contributed by atoms with Gasteiger partial charge in [-0.05, 0) is 89.9 Å². The van der Waals surface area contributed by atoms with Crippen LogP contribution < -0.4 is 10.6 Å². The predicted octanol–water partition coefficient (Wildman–Crippen LogP) is 3.93. The molecule has 27 heavy (non-hydrogen) atoms. The molecule has 0 saturated heterocycles. The average molecular weight is 437 g/mol. The molecule has 6 heteroatoms. The van der Waals surface area contributed by atoms with E-state index in [4.69, 9.17) is 0 Å². The van der Waals surface area contributed by atoms with E-state index < -0.39 is 0 Å². The fraction of sp³-hybridized carbons (Fsp3) is 0.619. The predicted molar refractivity (Wildman–Crippen MR) is 104 cm³/mol. The van der Waals surface area contributed by atoms with Crippen molar-refractivity contribution in [1.29, 1.82) is 0 Å². The van der Waals surface area contributed by atoms with Crippen LogP contribution >= 0.6 is 15.9 Å². The van der Waals surface area contributed by atoms with Gasteiger partial charge in [0.05, 0.1) is 4.47 Å². The molecule has 4 bridgehead atoms. The van der Waals surface area contributed by atoms with Gasteiger partial charge < -0.3 is 10.6 Å². The van der Waals surface area contributed by atoms with Gasteiger partial charge in [-0.2, -0.15) is 0 Å². The lowest BCUT2D eigenvalue weighted by Crippen LogP contribution is -2.53. The molecule has 0 unspecified atom stereocenters. The molecule has 0 heterocycles. The Morgan fingerprint density at radius 2 is 1.70 bits per heavy atom. The van der Waals surface area contributed by atoms with E-state index in [0.717, 1.165) is 37.0 Å². The fourth-order valence-electron chi connectivity index (χ4n) is 5.80. The van der Waals surface area contributed by atoms with Gasteiger partial charge in [0.15, 0.2) is 0 Å². The van der Waals surface area contributed by atoms with Crippen molar-refractivity contribution >= 4 is 27.7 Å². The average Bonchev–Trinajstić information content (AvgIpc) is 2.61. The lowest BCUT2D eigenvalue weighted by atomic mass is 9.49. The van der Waals surface area contributed by atoms with Crippen LogP contribution in [0.3, 0.4) is 0 Å². The van der Waals surface area contributed by atoms with Crippen molar-refractivity contribution in [3.63, 3.8) is 0 Å². The van der Waals surface area contributed by atoms with Crippen LogP contribution in [0.25, 0.3) is 0 Å². The van der Waals surface area contributed by atoms with Crippen LogP contribution in [0.4, 0.5) is 4.39 Å². The molecule has 2 amide bonds. The Kier molecular flexibility index (Phi) is 5.28. The summed E-state index contributed by atoms with van der Waals surface area (Å²) in [7, 11) is 0. The molecule has 2 N–H and O–H groups in total. The molecule has 4 aliphatic carbocycles. The van der Waals surface area contributed by atoms with Crippen LogP contribution in [-0.4, -0.2) is 18.4 Å². The molecule has 1 aromatic carbocycles. The van der Waals surface area contributed by atoms with Gasteiger partial charge in [0.2, 0.25) is 11.8 Å². The van der Waals surface area contributed by atoms with E-state index >= 15 is 0 Å². The van der Waals surface area contributed by atoms with E-state index in [-0.39, 0.29) is 36.0 Å². The molecule has 146 valence electrons. The van der Waals surface area contributed by atoms with E-state index in [1.807, 2.05) is 0 Å². The van der Waals surface area contributed by atoms with E-state index in [1.54, 1.807) is 12.1 Å². The molecule has 4 aliphatic rings. The molecule has 0 aliphatic heterocycles. The quantitative estimate of drug-likeness (QED) is 0.709. The lowest BCUT2D eigenvalue weighted by molar-refractivity contribution is -0.146. The summed E-state index contributed by atoms with van der Waals surface area (Å²) in [6.45, 7) is 0.646. The minimum atomic E-state index is -0.343. The van der Waals surface area contributed by atoms with Crippen LogP contribution in [0.15, 0.2) is 22.7 Å². The zero-order valence-electron chi connectivity index (χ0n) is 15.4. The number of hydrogen-bond donors (Lipinski definition) is 2. The standard InChI is InChI=1S/C21H26BrFN2O2/c22-17-2-1-13(8-18(17)23)12-25-19(26)3-4-24-20(27)21-9-14-5-15(10-21)7-16(6-14)11-21/h1-2,8,14-16H,3-7,9-12H2,(H,24,27)(H,25,26). The summed E-state index contributed by atoms with van der Waals surface area (Å²) in [5.74, 6) is 1.88. The van der Waals surface area contributed by atoms with E-state index in [1.165, 1.54) is 25.3 Å². The first-order chi connectivity index (χ1) is 12.9. The summed E-state index contributed by atoms with van der Waals surface area (Å²) in [4.78, 5) is 24.9. The number of benzene rings is 1. The maximum atomic E-state index is 13.5. The minimum absolute atomic E-state index is 0.135. The van der Waals surface area contributed by atoms with Gasteiger partial charge in [-0.25, -0.2) is 4.39 Å². The van der Waals surface area contributed by atoms with Crippen molar-refractivity contribution < 1.29 is 14.0 Å². The Hall–Kier alpha value is -1.43. The highest BCUT2D eigenvalue weighted by atomic mass is 79.9. The maximum absolute atomic E-state index is 13.5. The highest BCUT2D eigenvalue weighted by Crippen LogP contribution is 2.60. The van der Waals surface area contributed by atoms with Crippen molar-refractivity contribution in [2.75, 3.05) is 6.54 Å². The zero-order valence-corrected chi connectivity index (χ0v) is 17.0. The fourth-order valence-corrected chi connectivity index (χ4v) is 6.05.